The summed E-state index contributed by atoms with van der Waals surface area (Å²) in [6.45, 7) is 9.50. The summed E-state index contributed by atoms with van der Waals surface area (Å²) in [6, 6.07) is 3.15. The molecular weight excluding hydrogens is 706 g/mol. The molecule has 15 nitrogen and oxygen atoms in total. The number of allylic oxidation sites excluding steroid dienone is 1. The van der Waals surface area contributed by atoms with Crippen LogP contribution >= 0.6 is 0 Å². The molecule has 5 aliphatic rings. The molecule has 2 heterocycles. The van der Waals surface area contributed by atoms with Crippen LogP contribution in [-0.2, 0) is 34.0 Å². The van der Waals surface area contributed by atoms with Gasteiger partial charge in [-0.05, 0) is 80.9 Å². The van der Waals surface area contributed by atoms with E-state index in [2.05, 4.69) is 27.1 Å². The van der Waals surface area contributed by atoms with E-state index in [-0.39, 0.29) is 31.4 Å². The predicted octanol–water partition coefficient (Wildman–Crippen LogP) is 3.31. The van der Waals surface area contributed by atoms with Crippen LogP contribution in [0, 0.1) is 11.3 Å². The standard InChI is InChI=1S/C37H51N5O10S/c1-6-9-22-20-37(22,34(45)41-53(47,48)26-13-14-26)39-32(43)29-19-25(52-40-28-16-17-50-30-15-12-24(49-5)18-27(28)30)21-42(29)33(44)31(36(2,3)4)38-35(46)51-23-10-7-8-11-23/h6,12,15,18,22-23,25-26,29,31H,1,7-11,13-14,16-17,19-21H2,2-5H3,(H,38,46)(H,39,43)(H,41,45)/b40-28+/t22-,25-,29+,31-,37-/m1/s1. The molecule has 6 rings (SSSR count). The zero-order valence-electron chi connectivity index (χ0n) is 30.9. The van der Waals surface area contributed by atoms with Gasteiger partial charge in [0.25, 0.3) is 5.91 Å². The minimum atomic E-state index is -3.89. The van der Waals surface area contributed by atoms with E-state index in [1.807, 2.05) is 0 Å². The molecule has 4 amide bonds. The highest BCUT2D eigenvalue weighted by molar-refractivity contribution is 7.91. The summed E-state index contributed by atoms with van der Waals surface area (Å²) >= 11 is 0. The number of alkyl carbamates (subject to hydrolysis) is 1. The largest absolute Gasteiger partial charge is 0.497 e. The van der Waals surface area contributed by atoms with E-state index < -0.39 is 68.2 Å². The maximum atomic E-state index is 14.5. The smallest absolute Gasteiger partial charge is 0.408 e. The highest BCUT2D eigenvalue weighted by Crippen LogP contribution is 2.47. The predicted molar refractivity (Wildman–Crippen MR) is 194 cm³/mol. The number of ether oxygens (including phenoxy) is 3. The molecule has 0 radical (unpaired) electrons. The molecule has 1 aromatic rings. The molecule has 3 aliphatic carbocycles. The summed E-state index contributed by atoms with van der Waals surface area (Å²) in [5.41, 5.74) is -0.985. The number of carbonyl (C=O) groups is 4. The molecule has 16 heteroatoms. The van der Waals surface area contributed by atoms with Crippen LogP contribution in [0.15, 0.2) is 36.0 Å². The van der Waals surface area contributed by atoms with E-state index in [9.17, 15) is 27.6 Å². The van der Waals surface area contributed by atoms with Gasteiger partial charge < -0.3 is 34.6 Å². The van der Waals surface area contributed by atoms with Crippen molar-refractivity contribution in [3.05, 3.63) is 36.4 Å². The molecule has 0 bridgehead atoms. The molecule has 3 N–H and O–H groups in total. The molecule has 53 heavy (non-hydrogen) atoms. The highest BCUT2D eigenvalue weighted by Gasteiger charge is 2.62. The Kier molecular flexibility index (Phi) is 11.0. The normalized spacial score (nSPS) is 26.8. The first kappa shape index (κ1) is 38.4. The first-order chi connectivity index (χ1) is 25.1. The van der Waals surface area contributed by atoms with Gasteiger partial charge in [-0.1, -0.05) is 32.0 Å². The molecule has 0 spiro atoms. The van der Waals surface area contributed by atoms with Gasteiger partial charge in [-0.3, -0.25) is 19.1 Å². The van der Waals surface area contributed by atoms with Crippen molar-refractivity contribution >= 4 is 39.5 Å². The van der Waals surface area contributed by atoms with Crippen molar-refractivity contribution in [2.75, 3.05) is 20.3 Å². The Balaban J connectivity index is 1.25. The average Bonchev–Trinajstić information content (AvgIpc) is 3.98. The number of likely N-dealkylation sites (tertiary alicyclic amines) is 1. The summed E-state index contributed by atoms with van der Waals surface area (Å²) in [5.74, 6) is -1.14. The second kappa shape index (κ2) is 15.2. The summed E-state index contributed by atoms with van der Waals surface area (Å²) < 4.78 is 44.5. The Morgan fingerprint density at radius 2 is 1.87 bits per heavy atom. The zero-order valence-corrected chi connectivity index (χ0v) is 31.7. The fraction of sp³-hybridized carbons (Fsp3) is 0.649. The Labute approximate surface area is 310 Å². The number of fused-ring (bicyclic) bond motifs is 1. The van der Waals surface area contributed by atoms with Gasteiger partial charge in [0.05, 0.1) is 31.2 Å². The number of benzene rings is 1. The van der Waals surface area contributed by atoms with Gasteiger partial charge in [0.2, 0.25) is 21.8 Å². The SMILES string of the molecule is C=CC[C@@H]1C[C@]1(NC(=O)[C@@H]1C[C@@H](O/N=C2\CCOc3ccc(OC)cc32)CN1C(=O)[C@@H](NC(=O)OC1CCCC1)C(C)(C)C)C(=O)NS(=O)(=O)C1CC1. The molecule has 290 valence electrons. The van der Waals surface area contributed by atoms with Crippen LogP contribution in [0.2, 0.25) is 0 Å². The lowest BCUT2D eigenvalue weighted by molar-refractivity contribution is -0.143. The van der Waals surface area contributed by atoms with Crippen LogP contribution in [0.3, 0.4) is 0 Å². The number of oxime groups is 1. The highest BCUT2D eigenvalue weighted by atomic mass is 32.2. The topological polar surface area (TPSA) is 191 Å². The molecular formula is C37H51N5O10S. The van der Waals surface area contributed by atoms with Gasteiger partial charge in [0.1, 0.15) is 41.3 Å². The molecule has 0 unspecified atom stereocenters. The zero-order chi connectivity index (χ0) is 38.1. The quantitative estimate of drug-likeness (QED) is 0.199. The number of amides is 4. The van der Waals surface area contributed by atoms with Crippen LogP contribution in [-0.4, -0.2) is 98.2 Å². The van der Waals surface area contributed by atoms with E-state index >= 15 is 0 Å². The summed E-state index contributed by atoms with van der Waals surface area (Å²) in [4.78, 5) is 62.8. The average molecular weight is 758 g/mol. The van der Waals surface area contributed by atoms with E-state index in [1.165, 1.54) is 4.90 Å². The van der Waals surface area contributed by atoms with E-state index in [1.54, 1.807) is 52.2 Å². The number of carbonyl (C=O) groups excluding carboxylic acids is 4. The van der Waals surface area contributed by atoms with Crippen LogP contribution in [0.4, 0.5) is 4.79 Å². The summed E-state index contributed by atoms with van der Waals surface area (Å²) in [7, 11) is -2.33. The molecule has 1 saturated heterocycles. The lowest BCUT2D eigenvalue weighted by Crippen LogP contribution is -2.60. The lowest BCUT2D eigenvalue weighted by Gasteiger charge is -2.35. The number of nitrogens with one attached hydrogen (secondary N) is 3. The lowest BCUT2D eigenvalue weighted by atomic mass is 9.85. The number of methoxy groups -OCH3 is 1. The molecule has 5 atom stereocenters. The maximum absolute atomic E-state index is 14.5. The van der Waals surface area contributed by atoms with Crippen molar-refractivity contribution in [2.45, 2.75) is 120 Å². The third-order valence-corrected chi connectivity index (χ3v) is 12.5. The van der Waals surface area contributed by atoms with Gasteiger partial charge in [0.15, 0.2) is 0 Å². The number of sulfonamides is 1. The van der Waals surface area contributed by atoms with Gasteiger partial charge >= 0.3 is 6.09 Å². The van der Waals surface area contributed by atoms with Gasteiger partial charge in [-0.2, -0.15) is 0 Å². The van der Waals surface area contributed by atoms with Gasteiger partial charge in [-0.15, -0.1) is 6.58 Å². The molecule has 0 aromatic heterocycles. The van der Waals surface area contributed by atoms with Crippen molar-refractivity contribution in [3.8, 4) is 11.5 Å². The van der Waals surface area contributed by atoms with Gasteiger partial charge in [0, 0.05) is 18.4 Å². The minimum Gasteiger partial charge on any atom is -0.497 e. The van der Waals surface area contributed by atoms with E-state index in [4.69, 9.17) is 19.0 Å². The van der Waals surface area contributed by atoms with E-state index in [0.717, 1.165) is 25.7 Å². The third kappa shape index (κ3) is 8.57. The van der Waals surface area contributed by atoms with Crippen LogP contribution in [0.5, 0.6) is 11.5 Å². The third-order valence-electron chi connectivity index (χ3n) is 10.7. The summed E-state index contributed by atoms with van der Waals surface area (Å²) in [5, 5.41) is 9.43. The molecule has 4 fully saturated rings. The first-order valence-corrected chi connectivity index (χ1v) is 20.0. The number of rotatable bonds is 13. The van der Waals surface area contributed by atoms with Crippen LogP contribution in [0.25, 0.3) is 0 Å². The minimum absolute atomic E-state index is 0.0173. The second-order valence-corrected chi connectivity index (χ2v) is 17.7. The monoisotopic (exact) mass is 757 g/mol. The van der Waals surface area contributed by atoms with E-state index in [0.29, 0.717) is 55.1 Å². The Morgan fingerprint density at radius 1 is 1.13 bits per heavy atom. The molecule has 3 saturated carbocycles. The Hall–Kier alpha value is -4.34. The number of hydrogen-bond acceptors (Lipinski definition) is 11. The Morgan fingerprint density at radius 3 is 2.53 bits per heavy atom. The van der Waals surface area contributed by atoms with Crippen molar-refractivity contribution < 1.29 is 46.6 Å². The summed E-state index contributed by atoms with van der Waals surface area (Å²) in [6.07, 6.45) is 5.33. The number of hydrogen-bond donors (Lipinski definition) is 3. The molecule has 1 aromatic carbocycles. The van der Waals surface area contributed by atoms with Crippen molar-refractivity contribution in [1.29, 1.82) is 0 Å². The van der Waals surface area contributed by atoms with Crippen molar-refractivity contribution in [1.82, 2.24) is 20.3 Å². The first-order valence-electron chi connectivity index (χ1n) is 18.5. The number of nitrogens with zero attached hydrogens (tertiary/aromatic N) is 2. The van der Waals surface area contributed by atoms with Gasteiger partial charge in [-0.25, -0.2) is 13.2 Å². The van der Waals surface area contributed by atoms with Crippen molar-refractivity contribution in [3.63, 3.8) is 0 Å². The Bertz CT molecular complexity index is 1750. The van der Waals surface area contributed by atoms with Crippen molar-refractivity contribution in [2.24, 2.45) is 16.5 Å². The van der Waals surface area contributed by atoms with Crippen LogP contribution in [0.1, 0.15) is 90.5 Å². The fourth-order valence-electron chi connectivity index (χ4n) is 7.39. The maximum Gasteiger partial charge on any atom is 0.408 e. The fourth-order valence-corrected chi connectivity index (χ4v) is 8.75. The second-order valence-electron chi connectivity index (χ2n) is 15.8. The molecule has 2 aliphatic heterocycles. The van der Waals surface area contributed by atoms with Crippen LogP contribution < -0.4 is 24.8 Å².